The zero-order valence-corrected chi connectivity index (χ0v) is 8.82. The van der Waals surface area contributed by atoms with Crippen molar-refractivity contribution in [3.05, 3.63) is 38.1 Å². The second-order valence-corrected chi connectivity index (χ2v) is 3.54. The third kappa shape index (κ3) is 2.50. The molecule has 0 atom stereocenters. The molecule has 0 unspecified atom stereocenters. The molecule has 0 heterocycles. The maximum Gasteiger partial charge on any atom is 0.308 e. The predicted molar refractivity (Wildman–Crippen MR) is 52.1 cm³/mol. The minimum atomic E-state index is -1.32. The summed E-state index contributed by atoms with van der Waals surface area (Å²) in [4.78, 5) is 20.2. The highest BCUT2D eigenvalue weighted by Gasteiger charge is 2.23. The predicted octanol–water partition coefficient (Wildman–Crippen LogP) is 2.12. The van der Waals surface area contributed by atoms with E-state index in [2.05, 4.69) is 15.9 Å². The molecule has 7 heteroatoms. The van der Waals surface area contributed by atoms with Gasteiger partial charge in [0.15, 0.2) is 0 Å². The lowest BCUT2D eigenvalue weighted by molar-refractivity contribution is -0.386. The van der Waals surface area contributed by atoms with E-state index in [4.69, 9.17) is 5.11 Å². The second kappa shape index (κ2) is 4.35. The summed E-state index contributed by atoms with van der Waals surface area (Å²) in [6.45, 7) is 0. The van der Waals surface area contributed by atoms with Gasteiger partial charge in [0.2, 0.25) is 0 Å². The highest BCUT2D eigenvalue weighted by Crippen LogP contribution is 2.30. The van der Waals surface area contributed by atoms with E-state index in [-0.39, 0.29) is 4.47 Å². The van der Waals surface area contributed by atoms with Crippen molar-refractivity contribution < 1.29 is 19.2 Å². The van der Waals surface area contributed by atoms with E-state index < -0.39 is 34.4 Å². The van der Waals surface area contributed by atoms with E-state index in [0.29, 0.717) is 0 Å². The number of hydrogen-bond acceptors (Lipinski definition) is 3. The number of nitro groups is 1. The van der Waals surface area contributed by atoms with Gasteiger partial charge in [-0.3, -0.25) is 14.9 Å². The van der Waals surface area contributed by atoms with Gasteiger partial charge in [0.25, 0.3) is 5.69 Å². The van der Waals surface area contributed by atoms with Crippen LogP contribution in [0.25, 0.3) is 0 Å². The minimum Gasteiger partial charge on any atom is -0.481 e. The molecule has 0 fully saturated rings. The Morgan fingerprint density at radius 2 is 2.20 bits per heavy atom. The molecule has 1 aromatic carbocycles. The van der Waals surface area contributed by atoms with Crippen molar-refractivity contribution in [2.75, 3.05) is 0 Å². The van der Waals surface area contributed by atoms with E-state index in [0.717, 1.165) is 6.07 Å². The van der Waals surface area contributed by atoms with Crippen molar-refractivity contribution in [1.29, 1.82) is 0 Å². The van der Waals surface area contributed by atoms with Crippen LogP contribution in [0.2, 0.25) is 0 Å². The molecular weight excluding hydrogens is 273 g/mol. The number of carboxylic acid groups (broad SMARTS) is 1. The van der Waals surface area contributed by atoms with E-state index in [1.807, 2.05) is 0 Å². The average Bonchev–Trinajstić information content (AvgIpc) is 2.10. The van der Waals surface area contributed by atoms with E-state index >= 15 is 0 Å². The third-order valence-electron chi connectivity index (χ3n) is 1.69. The third-order valence-corrected chi connectivity index (χ3v) is 2.33. The van der Waals surface area contributed by atoms with Crippen LogP contribution in [0.1, 0.15) is 5.56 Å². The van der Waals surface area contributed by atoms with Crippen LogP contribution in [-0.4, -0.2) is 16.0 Å². The number of halogens is 2. The monoisotopic (exact) mass is 277 g/mol. The minimum absolute atomic E-state index is 0.0603. The van der Waals surface area contributed by atoms with Crippen molar-refractivity contribution in [3.63, 3.8) is 0 Å². The number of benzene rings is 1. The maximum atomic E-state index is 13.2. The molecule has 0 spiro atoms. The Hall–Kier alpha value is -1.50. The van der Waals surface area contributed by atoms with E-state index in [1.165, 1.54) is 6.07 Å². The topological polar surface area (TPSA) is 80.4 Å². The van der Waals surface area contributed by atoms with Crippen molar-refractivity contribution in [3.8, 4) is 0 Å². The first kappa shape index (κ1) is 11.6. The molecule has 5 nitrogen and oxygen atoms in total. The van der Waals surface area contributed by atoms with Crippen molar-refractivity contribution in [1.82, 2.24) is 0 Å². The molecular formula is C8H5BrFNO4. The molecule has 0 aliphatic heterocycles. The van der Waals surface area contributed by atoms with Crippen LogP contribution >= 0.6 is 15.9 Å². The molecule has 80 valence electrons. The number of carboxylic acids is 1. The smallest absolute Gasteiger partial charge is 0.308 e. The standard InChI is InChI=1S/C8H5BrFNO4/c9-5-1-2-6(10)4(3-7(12)13)8(5)11(14)15/h1-2H,3H2,(H,12,13). The number of aliphatic carboxylic acids is 1. The lowest BCUT2D eigenvalue weighted by Crippen LogP contribution is -2.06. The van der Waals surface area contributed by atoms with Crippen molar-refractivity contribution in [2.24, 2.45) is 0 Å². The van der Waals surface area contributed by atoms with Crippen LogP contribution < -0.4 is 0 Å². The van der Waals surface area contributed by atoms with Gasteiger partial charge in [-0.05, 0) is 28.1 Å². The van der Waals surface area contributed by atoms with Gasteiger partial charge >= 0.3 is 5.97 Å². The van der Waals surface area contributed by atoms with Crippen LogP contribution in [0.4, 0.5) is 10.1 Å². The molecule has 0 saturated carbocycles. The average molecular weight is 278 g/mol. The van der Waals surface area contributed by atoms with Crippen molar-refractivity contribution >= 4 is 27.6 Å². The van der Waals surface area contributed by atoms with Crippen LogP contribution in [-0.2, 0) is 11.2 Å². The fourth-order valence-corrected chi connectivity index (χ4v) is 1.62. The summed E-state index contributed by atoms with van der Waals surface area (Å²) in [5, 5.41) is 19.1. The zero-order chi connectivity index (χ0) is 11.6. The Balaban J connectivity index is 3.38. The van der Waals surface area contributed by atoms with Crippen LogP contribution in [0.3, 0.4) is 0 Å². The molecule has 0 aromatic heterocycles. The summed E-state index contributed by atoms with van der Waals surface area (Å²) in [7, 11) is 0. The van der Waals surface area contributed by atoms with Crippen molar-refractivity contribution in [2.45, 2.75) is 6.42 Å². The zero-order valence-electron chi connectivity index (χ0n) is 7.24. The maximum absolute atomic E-state index is 13.2. The molecule has 0 amide bonds. The fraction of sp³-hybridized carbons (Fsp3) is 0.125. The van der Waals surface area contributed by atoms with Gasteiger partial charge in [0, 0.05) is 0 Å². The Morgan fingerprint density at radius 1 is 1.60 bits per heavy atom. The van der Waals surface area contributed by atoms with E-state index in [1.54, 1.807) is 0 Å². The first-order chi connectivity index (χ1) is 6.93. The van der Waals surface area contributed by atoms with Gasteiger partial charge in [0.05, 0.1) is 21.4 Å². The van der Waals surface area contributed by atoms with Crippen LogP contribution in [0.15, 0.2) is 16.6 Å². The Morgan fingerprint density at radius 3 is 2.67 bits per heavy atom. The summed E-state index contributed by atoms with van der Waals surface area (Å²) in [6.07, 6.45) is -0.721. The summed E-state index contributed by atoms with van der Waals surface area (Å²) in [5.74, 6) is -2.22. The molecule has 1 aromatic rings. The molecule has 0 aliphatic carbocycles. The van der Waals surface area contributed by atoms with Gasteiger partial charge in [0.1, 0.15) is 5.82 Å². The largest absolute Gasteiger partial charge is 0.481 e. The molecule has 0 aliphatic rings. The summed E-state index contributed by atoms with van der Waals surface area (Å²) < 4.78 is 13.2. The number of nitro benzene ring substituents is 1. The second-order valence-electron chi connectivity index (χ2n) is 2.68. The summed E-state index contributed by atoms with van der Waals surface area (Å²) in [6, 6.07) is 2.15. The number of rotatable bonds is 3. The normalized spacial score (nSPS) is 10.0. The number of nitrogens with zero attached hydrogens (tertiary/aromatic N) is 1. The first-order valence-corrected chi connectivity index (χ1v) is 4.56. The highest BCUT2D eigenvalue weighted by molar-refractivity contribution is 9.10. The SMILES string of the molecule is O=C(O)Cc1c(F)ccc(Br)c1[N+](=O)[O-]. The molecule has 0 radical (unpaired) electrons. The van der Waals surface area contributed by atoms with Gasteiger partial charge in [-0.2, -0.15) is 0 Å². The molecule has 0 bridgehead atoms. The van der Waals surface area contributed by atoms with Gasteiger partial charge in [-0.15, -0.1) is 0 Å². The molecule has 0 saturated heterocycles. The first-order valence-electron chi connectivity index (χ1n) is 3.76. The van der Waals surface area contributed by atoms with Gasteiger partial charge < -0.3 is 5.11 Å². The lowest BCUT2D eigenvalue weighted by Gasteiger charge is -2.03. The summed E-state index contributed by atoms with van der Waals surface area (Å²) in [5.41, 5.74) is -0.973. The van der Waals surface area contributed by atoms with Crippen LogP contribution in [0.5, 0.6) is 0 Å². The van der Waals surface area contributed by atoms with Gasteiger partial charge in [-0.1, -0.05) is 0 Å². The van der Waals surface area contributed by atoms with Crippen LogP contribution in [0, 0.1) is 15.9 Å². The molecule has 15 heavy (non-hydrogen) atoms. The Bertz CT molecular complexity index is 435. The molecule has 1 N–H and O–H groups in total. The van der Waals surface area contributed by atoms with Gasteiger partial charge in [-0.25, -0.2) is 4.39 Å². The lowest BCUT2D eigenvalue weighted by atomic mass is 10.1. The Labute approximate surface area is 91.8 Å². The Kier molecular flexibility index (Phi) is 3.35. The number of hydrogen-bond donors (Lipinski definition) is 1. The fourth-order valence-electron chi connectivity index (χ4n) is 1.10. The number of carbonyl (C=O) groups is 1. The highest BCUT2D eigenvalue weighted by atomic mass is 79.9. The summed E-state index contributed by atoms with van der Waals surface area (Å²) >= 11 is 2.87. The molecule has 1 rings (SSSR count). The quantitative estimate of drug-likeness (QED) is 0.678. The van der Waals surface area contributed by atoms with E-state index in [9.17, 15) is 19.3 Å².